The Balaban J connectivity index is 2.06. The second kappa shape index (κ2) is 6.98. The van der Waals surface area contributed by atoms with Gasteiger partial charge in [-0.1, -0.05) is 11.6 Å². The third kappa shape index (κ3) is 3.60. The van der Waals surface area contributed by atoms with Crippen molar-refractivity contribution < 1.29 is 14.2 Å². The fourth-order valence-corrected chi connectivity index (χ4v) is 3.19. The number of halogens is 2. The summed E-state index contributed by atoms with van der Waals surface area (Å²) in [4.78, 5) is 0. The Hall–Kier alpha value is -2.18. The molecule has 7 heteroatoms. The maximum absolute atomic E-state index is 13.6. The molecule has 0 saturated carbocycles. The normalized spacial score (nSPS) is 12.6. The van der Waals surface area contributed by atoms with Crippen LogP contribution in [0.15, 0.2) is 30.6 Å². The molecule has 3 aromatic rings. The van der Waals surface area contributed by atoms with E-state index in [4.69, 9.17) is 11.6 Å². The molecule has 5 nitrogen and oxygen atoms in total. The van der Waals surface area contributed by atoms with Crippen molar-refractivity contribution >= 4 is 11.6 Å². The minimum atomic E-state index is -0.793. The molecule has 1 atom stereocenters. The predicted octanol–water partition coefficient (Wildman–Crippen LogP) is 3.16. The molecule has 1 aromatic carbocycles. The summed E-state index contributed by atoms with van der Waals surface area (Å²) >= 11 is 6.29. The predicted molar refractivity (Wildman–Crippen MR) is 93.7 cm³/mol. The number of aryl methyl sites for hydroxylation is 2. The summed E-state index contributed by atoms with van der Waals surface area (Å²) in [7, 11) is 1.84. The summed E-state index contributed by atoms with van der Waals surface area (Å²) in [5.74, 6) is -0.380. The molecule has 132 valence electrons. The van der Waals surface area contributed by atoms with E-state index >= 15 is 0 Å². The molecule has 0 aliphatic carbocycles. The summed E-state index contributed by atoms with van der Waals surface area (Å²) in [5.41, 5.74) is 3.88. The SMILES string of the molecule is CC[n+]1cc(Cc2cn(C)nc2-c2ccc(F)cc2[C@H](C)O)c(Cl)[nH]1. The van der Waals surface area contributed by atoms with Crippen LogP contribution in [0.3, 0.4) is 0 Å². The number of aliphatic hydroxyl groups excluding tert-OH is 1. The number of nitrogens with one attached hydrogen (secondary N) is 1. The van der Waals surface area contributed by atoms with Crippen molar-refractivity contribution in [2.45, 2.75) is 32.9 Å². The molecule has 0 aliphatic rings. The van der Waals surface area contributed by atoms with Crippen molar-refractivity contribution in [3.63, 3.8) is 0 Å². The highest BCUT2D eigenvalue weighted by Gasteiger charge is 2.20. The fourth-order valence-electron chi connectivity index (χ4n) is 2.96. The lowest BCUT2D eigenvalue weighted by Gasteiger charge is -2.11. The van der Waals surface area contributed by atoms with Gasteiger partial charge in [0.1, 0.15) is 5.82 Å². The Morgan fingerprint density at radius 3 is 2.80 bits per heavy atom. The second-order valence-electron chi connectivity index (χ2n) is 6.13. The molecule has 0 fully saturated rings. The summed E-state index contributed by atoms with van der Waals surface area (Å²) in [6.07, 6.45) is 3.68. The number of rotatable bonds is 5. The van der Waals surface area contributed by atoms with E-state index in [2.05, 4.69) is 10.2 Å². The van der Waals surface area contributed by atoms with Gasteiger partial charge in [-0.05, 0) is 37.6 Å². The van der Waals surface area contributed by atoms with Gasteiger partial charge in [0.2, 0.25) is 6.20 Å². The first kappa shape index (κ1) is 17.6. The van der Waals surface area contributed by atoms with Gasteiger partial charge in [0, 0.05) is 30.8 Å². The highest BCUT2D eigenvalue weighted by Crippen LogP contribution is 2.32. The topological polar surface area (TPSA) is 57.7 Å². The largest absolute Gasteiger partial charge is 0.389 e. The lowest BCUT2D eigenvalue weighted by molar-refractivity contribution is -0.747. The molecule has 0 amide bonds. The summed E-state index contributed by atoms with van der Waals surface area (Å²) < 4.78 is 17.2. The van der Waals surface area contributed by atoms with Crippen LogP contribution in [0.2, 0.25) is 5.15 Å². The van der Waals surface area contributed by atoms with Gasteiger partial charge in [0.15, 0.2) is 11.7 Å². The zero-order valence-electron chi connectivity index (χ0n) is 14.4. The number of aliphatic hydroxyl groups is 1. The zero-order valence-corrected chi connectivity index (χ0v) is 15.2. The number of nitrogens with zero attached hydrogens (tertiary/aromatic N) is 3. The van der Waals surface area contributed by atoms with Gasteiger partial charge in [-0.3, -0.25) is 4.68 Å². The highest BCUT2D eigenvalue weighted by molar-refractivity contribution is 6.30. The van der Waals surface area contributed by atoms with Gasteiger partial charge in [-0.15, -0.1) is 4.68 Å². The van der Waals surface area contributed by atoms with E-state index in [1.807, 2.05) is 31.0 Å². The molecule has 0 spiro atoms. The molecular formula is C18H21ClFN4O+. The van der Waals surface area contributed by atoms with Gasteiger partial charge in [-0.2, -0.15) is 10.2 Å². The Kier molecular flexibility index (Phi) is 4.92. The van der Waals surface area contributed by atoms with E-state index in [0.717, 1.165) is 28.9 Å². The quantitative estimate of drug-likeness (QED) is 0.684. The van der Waals surface area contributed by atoms with Crippen LogP contribution in [-0.4, -0.2) is 20.0 Å². The Labute approximate surface area is 150 Å². The number of aromatic amines is 1. The van der Waals surface area contributed by atoms with E-state index in [0.29, 0.717) is 17.1 Å². The first-order valence-electron chi connectivity index (χ1n) is 8.16. The molecule has 0 radical (unpaired) electrons. The third-order valence-corrected chi connectivity index (χ3v) is 4.51. The van der Waals surface area contributed by atoms with Gasteiger partial charge >= 0.3 is 0 Å². The Morgan fingerprint density at radius 1 is 1.40 bits per heavy atom. The first-order valence-corrected chi connectivity index (χ1v) is 8.54. The van der Waals surface area contributed by atoms with Gasteiger partial charge < -0.3 is 5.11 Å². The molecule has 3 rings (SSSR count). The highest BCUT2D eigenvalue weighted by atomic mass is 35.5. The van der Waals surface area contributed by atoms with Gasteiger partial charge in [0.25, 0.3) is 0 Å². The van der Waals surface area contributed by atoms with Crippen LogP contribution in [0.5, 0.6) is 0 Å². The first-order chi connectivity index (χ1) is 11.9. The van der Waals surface area contributed by atoms with E-state index in [9.17, 15) is 9.50 Å². The standard InChI is InChI=1S/C18H20ClFN4O/c1-4-24-10-13(18(19)22-24)7-12-9-23(3)21-17(12)15-6-5-14(20)8-16(15)11(2)25/h5-6,8-11,25H,4,7H2,1-3H3/p+1/t11-/m0/s1. The molecule has 0 aliphatic heterocycles. The molecule has 0 bridgehead atoms. The van der Waals surface area contributed by atoms with Crippen LogP contribution in [0.25, 0.3) is 11.3 Å². The average Bonchev–Trinajstić information content (AvgIpc) is 3.10. The van der Waals surface area contributed by atoms with Crippen LogP contribution in [-0.2, 0) is 20.0 Å². The smallest absolute Gasteiger partial charge is 0.200 e. The molecule has 2 heterocycles. The van der Waals surface area contributed by atoms with Gasteiger partial charge in [0.05, 0.1) is 17.4 Å². The zero-order chi connectivity index (χ0) is 18.1. The molecule has 25 heavy (non-hydrogen) atoms. The number of H-pyrrole nitrogens is 1. The van der Waals surface area contributed by atoms with Crippen molar-refractivity contribution in [2.75, 3.05) is 0 Å². The lowest BCUT2D eigenvalue weighted by Crippen LogP contribution is -2.33. The monoisotopic (exact) mass is 363 g/mol. The lowest BCUT2D eigenvalue weighted by atomic mass is 9.96. The molecule has 2 aromatic heterocycles. The van der Waals surface area contributed by atoms with Crippen molar-refractivity contribution in [1.29, 1.82) is 0 Å². The van der Waals surface area contributed by atoms with E-state index in [1.54, 1.807) is 17.7 Å². The summed E-state index contributed by atoms with van der Waals surface area (Å²) in [5, 5.41) is 18.2. The van der Waals surface area contributed by atoms with E-state index in [-0.39, 0.29) is 5.82 Å². The molecular weight excluding hydrogens is 343 g/mol. The van der Waals surface area contributed by atoms with Crippen LogP contribution in [0, 0.1) is 5.82 Å². The third-order valence-electron chi connectivity index (χ3n) is 4.18. The van der Waals surface area contributed by atoms with Crippen LogP contribution in [0.4, 0.5) is 4.39 Å². The van der Waals surface area contributed by atoms with Gasteiger partial charge in [-0.25, -0.2) is 4.39 Å². The van der Waals surface area contributed by atoms with Crippen molar-refractivity contribution in [2.24, 2.45) is 7.05 Å². The Bertz CT molecular complexity index is 901. The Morgan fingerprint density at radius 2 is 2.16 bits per heavy atom. The van der Waals surface area contributed by atoms with Crippen LogP contribution in [0.1, 0.15) is 36.6 Å². The second-order valence-corrected chi connectivity index (χ2v) is 6.51. The number of aromatic nitrogens is 4. The number of hydrogen-bond donors (Lipinski definition) is 2. The maximum atomic E-state index is 13.6. The maximum Gasteiger partial charge on any atom is 0.200 e. The summed E-state index contributed by atoms with van der Waals surface area (Å²) in [6, 6.07) is 4.40. The molecule has 0 saturated heterocycles. The van der Waals surface area contributed by atoms with Crippen molar-refractivity contribution in [3.05, 3.63) is 58.3 Å². The van der Waals surface area contributed by atoms with Crippen LogP contribution < -0.4 is 4.68 Å². The number of hydrogen-bond acceptors (Lipinski definition) is 2. The minimum Gasteiger partial charge on any atom is -0.389 e. The molecule has 0 unspecified atom stereocenters. The van der Waals surface area contributed by atoms with Crippen LogP contribution >= 0.6 is 11.6 Å². The average molecular weight is 364 g/mol. The molecule has 2 N–H and O–H groups in total. The van der Waals surface area contributed by atoms with E-state index in [1.165, 1.54) is 12.1 Å². The van der Waals surface area contributed by atoms with Crippen molar-refractivity contribution in [3.8, 4) is 11.3 Å². The fraction of sp³-hybridized carbons (Fsp3) is 0.333. The number of benzene rings is 1. The minimum absolute atomic E-state index is 0.380. The van der Waals surface area contributed by atoms with E-state index < -0.39 is 6.10 Å². The van der Waals surface area contributed by atoms with Crippen molar-refractivity contribution in [1.82, 2.24) is 14.9 Å². The summed E-state index contributed by atoms with van der Waals surface area (Å²) in [6.45, 7) is 4.44.